The number of nitrogens with two attached hydrogens (primary N) is 1. The molecule has 4 fully saturated rings. The largest absolute Gasteiger partial charge is 0.461 e. The topological polar surface area (TPSA) is 89.6 Å². The van der Waals surface area contributed by atoms with Crippen molar-refractivity contribution in [3.63, 3.8) is 0 Å². The van der Waals surface area contributed by atoms with Gasteiger partial charge in [-0.25, -0.2) is 22.0 Å². The average Bonchev–Trinajstić information content (AvgIpc) is 3.48. The lowest BCUT2D eigenvalue weighted by atomic mass is 9.94. The molecule has 0 radical (unpaired) electrons. The van der Waals surface area contributed by atoms with E-state index in [1.54, 1.807) is 15.9 Å². The van der Waals surface area contributed by atoms with Crippen LogP contribution in [-0.4, -0.2) is 83.0 Å². The average molecular weight is 637 g/mol. The standard InChI is InChI=1S/C33H29F5N6O2/c1-2-19-23(34)5-4-17-10-18(39)11-20(24(17)19)27-26(36)28-21(12-40-27)30(44-8-9-45-13-22-25(35)29(22)44)42-31(41-28)46-16-32-6-3-7-43(32)15-33(37,38)14-32/h1,4-5,10-12,22,25,29H,3,6-9,13-16,39H2/t22-,25-,29-,32?/m0/s1. The first-order valence-electron chi connectivity index (χ1n) is 15.2. The molecule has 2 N–H and O–H groups in total. The lowest BCUT2D eigenvalue weighted by Gasteiger charge is -2.30. The lowest BCUT2D eigenvalue weighted by molar-refractivity contribution is 0.00803. The van der Waals surface area contributed by atoms with Gasteiger partial charge in [-0.3, -0.25) is 9.88 Å². The first-order chi connectivity index (χ1) is 22.1. The van der Waals surface area contributed by atoms with E-state index >= 15 is 4.39 Å². The summed E-state index contributed by atoms with van der Waals surface area (Å²) in [5.41, 5.74) is 5.24. The second-order valence-corrected chi connectivity index (χ2v) is 12.7. The summed E-state index contributed by atoms with van der Waals surface area (Å²) in [6, 6.07) is 4.99. The Balaban J connectivity index is 1.29. The molecule has 1 aliphatic carbocycles. The number of nitrogen functional groups attached to an aromatic ring is 1. The first kappa shape index (κ1) is 29.1. The van der Waals surface area contributed by atoms with E-state index < -0.39 is 35.3 Å². The molecule has 1 saturated carbocycles. The fourth-order valence-electron chi connectivity index (χ4n) is 7.64. The second-order valence-electron chi connectivity index (χ2n) is 12.7. The van der Waals surface area contributed by atoms with Gasteiger partial charge in [0.25, 0.3) is 5.92 Å². The SMILES string of the molecule is C#Cc1c(F)ccc2cc(N)cc(-c3ncc4c(N5CCOC[C@H]6[C@H](F)[C@H]65)nc(OCC56CCCN5CC(F)(F)C6)nc4c3F)c12. The molecule has 0 amide bonds. The van der Waals surface area contributed by atoms with Gasteiger partial charge in [0.2, 0.25) is 0 Å². The van der Waals surface area contributed by atoms with Crippen LogP contribution in [0.3, 0.4) is 0 Å². The van der Waals surface area contributed by atoms with Crippen molar-refractivity contribution in [3.05, 3.63) is 47.7 Å². The molecule has 1 unspecified atom stereocenters. The first-order valence-corrected chi connectivity index (χ1v) is 15.2. The zero-order valence-electron chi connectivity index (χ0n) is 24.6. The number of fused-ring (bicyclic) bond motifs is 4. The number of terminal acetylenes is 1. The number of alkyl halides is 3. The van der Waals surface area contributed by atoms with Crippen molar-refractivity contribution >= 4 is 33.2 Å². The van der Waals surface area contributed by atoms with Gasteiger partial charge < -0.3 is 20.1 Å². The summed E-state index contributed by atoms with van der Waals surface area (Å²) in [4.78, 5) is 16.9. The number of benzene rings is 2. The summed E-state index contributed by atoms with van der Waals surface area (Å²) in [6.45, 7) is 0.846. The third kappa shape index (κ3) is 4.52. The van der Waals surface area contributed by atoms with Gasteiger partial charge in [-0.1, -0.05) is 12.0 Å². The molecule has 46 heavy (non-hydrogen) atoms. The Labute approximate surface area is 260 Å². The van der Waals surface area contributed by atoms with E-state index in [-0.39, 0.29) is 95.9 Å². The van der Waals surface area contributed by atoms with Gasteiger partial charge in [-0.2, -0.15) is 9.97 Å². The molecule has 4 atom stereocenters. The van der Waals surface area contributed by atoms with Crippen LogP contribution in [0.2, 0.25) is 0 Å². The fraction of sp³-hybridized carbons (Fsp3) is 0.424. The maximum atomic E-state index is 16.8. The van der Waals surface area contributed by atoms with Crippen LogP contribution in [0.25, 0.3) is 32.9 Å². The van der Waals surface area contributed by atoms with Crippen molar-refractivity contribution in [2.24, 2.45) is 5.92 Å². The molecule has 2 aromatic heterocycles. The molecule has 3 saturated heterocycles. The van der Waals surface area contributed by atoms with Crippen molar-refractivity contribution in [1.82, 2.24) is 19.9 Å². The number of ether oxygens (including phenoxy) is 2. The smallest absolute Gasteiger partial charge is 0.319 e. The Morgan fingerprint density at radius 3 is 2.85 bits per heavy atom. The minimum atomic E-state index is -2.86. The van der Waals surface area contributed by atoms with Gasteiger partial charge >= 0.3 is 6.01 Å². The number of hydrogen-bond acceptors (Lipinski definition) is 8. The molecule has 8 rings (SSSR count). The molecule has 0 bridgehead atoms. The normalized spacial score (nSPS) is 27.0. The Hall–Kier alpha value is -4.28. The lowest BCUT2D eigenvalue weighted by Crippen LogP contribution is -2.43. The molecule has 3 aliphatic heterocycles. The zero-order chi connectivity index (χ0) is 32.0. The number of halogens is 5. The van der Waals surface area contributed by atoms with E-state index in [4.69, 9.17) is 21.6 Å². The summed E-state index contributed by atoms with van der Waals surface area (Å²) in [5, 5.41) is 0.935. The summed E-state index contributed by atoms with van der Waals surface area (Å²) < 4.78 is 87.1. The maximum absolute atomic E-state index is 16.8. The molecule has 13 heteroatoms. The van der Waals surface area contributed by atoms with Crippen molar-refractivity contribution in [3.8, 4) is 29.6 Å². The number of pyridine rings is 1. The van der Waals surface area contributed by atoms with Crippen molar-refractivity contribution in [2.45, 2.75) is 42.9 Å². The Kier molecular flexibility index (Phi) is 6.57. The summed E-state index contributed by atoms with van der Waals surface area (Å²) in [6.07, 6.45) is 6.76. The molecule has 8 nitrogen and oxygen atoms in total. The van der Waals surface area contributed by atoms with Gasteiger partial charge in [0.1, 0.15) is 35.6 Å². The van der Waals surface area contributed by atoms with Crippen molar-refractivity contribution in [2.75, 3.05) is 50.1 Å². The highest BCUT2D eigenvalue weighted by molar-refractivity contribution is 6.03. The van der Waals surface area contributed by atoms with Crippen LogP contribution in [0.15, 0.2) is 30.5 Å². The molecule has 238 valence electrons. The predicted molar refractivity (Wildman–Crippen MR) is 161 cm³/mol. The third-order valence-electron chi connectivity index (χ3n) is 9.80. The van der Waals surface area contributed by atoms with Crippen LogP contribution in [0.1, 0.15) is 24.8 Å². The zero-order valence-corrected chi connectivity index (χ0v) is 24.6. The van der Waals surface area contributed by atoms with E-state index in [0.29, 0.717) is 18.4 Å². The highest BCUT2D eigenvalue weighted by atomic mass is 19.3. The van der Waals surface area contributed by atoms with Crippen LogP contribution >= 0.6 is 0 Å². The van der Waals surface area contributed by atoms with Gasteiger partial charge in [0.15, 0.2) is 5.82 Å². The molecule has 4 aromatic rings. The van der Waals surface area contributed by atoms with Crippen molar-refractivity contribution in [1.29, 1.82) is 0 Å². The summed E-state index contributed by atoms with van der Waals surface area (Å²) >= 11 is 0. The van der Waals surface area contributed by atoms with Crippen molar-refractivity contribution < 1.29 is 31.4 Å². The molecule has 2 aromatic carbocycles. The predicted octanol–water partition coefficient (Wildman–Crippen LogP) is 5.11. The minimum absolute atomic E-state index is 0.0757. The fourth-order valence-corrected chi connectivity index (χ4v) is 7.64. The number of anilines is 2. The van der Waals surface area contributed by atoms with Crippen LogP contribution in [0.5, 0.6) is 6.01 Å². The van der Waals surface area contributed by atoms with E-state index in [2.05, 4.69) is 20.9 Å². The maximum Gasteiger partial charge on any atom is 0.319 e. The number of nitrogens with zero attached hydrogens (tertiary/aromatic N) is 5. The Bertz CT molecular complexity index is 1950. The molecule has 5 heterocycles. The number of rotatable bonds is 5. The van der Waals surface area contributed by atoms with Crippen LogP contribution in [-0.2, 0) is 4.74 Å². The quantitative estimate of drug-likeness (QED) is 0.184. The third-order valence-corrected chi connectivity index (χ3v) is 9.80. The van der Waals surface area contributed by atoms with Crippen LogP contribution in [0, 0.1) is 29.9 Å². The summed E-state index contributed by atoms with van der Waals surface area (Å²) in [5.74, 6) is -2.23. The molecular formula is C33H29F5N6O2. The van der Waals surface area contributed by atoms with Gasteiger partial charge in [-0.15, -0.1) is 6.42 Å². The van der Waals surface area contributed by atoms with E-state index in [1.807, 2.05) is 0 Å². The molecule has 4 aliphatic rings. The minimum Gasteiger partial charge on any atom is -0.461 e. The van der Waals surface area contributed by atoms with E-state index in [1.165, 1.54) is 24.4 Å². The van der Waals surface area contributed by atoms with Gasteiger partial charge in [0.05, 0.1) is 42.3 Å². The Morgan fingerprint density at radius 2 is 2.02 bits per heavy atom. The second kappa shape index (κ2) is 10.4. The molecule has 0 spiro atoms. The monoisotopic (exact) mass is 636 g/mol. The van der Waals surface area contributed by atoms with Gasteiger partial charge in [-0.05, 0) is 43.0 Å². The van der Waals surface area contributed by atoms with Crippen LogP contribution in [0.4, 0.5) is 33.5 Å². The van der Waals surface area contributed by atoms with E-state index in [0.717, 1.165) is 6.42 Å². The highest BCUT2D eigenvalue weighted by Gasteiger charge is 2.58. The van der Waals surface area contributed by atoms with Crippen LogP contribution < -0.4 is 15.4 Å². The highest BCUT2D eigenvalue weighted by Crippen LogP contribution is 2.47. The molecular weight excluding hydrogens is 607 g/mol. The number of aromatic nitrogens is 3. The summed E-state index contributed by atoms with van der Waals surface area (Å²) in [7, 11) is 0. The Morgan fingerprint density at radius 1 is 1.17 bits per heavy atom. The number of hydrogen-bond donors (Lipinski definition) is 1. The van der Waals surface area contributed by atoms with E-state index in [9.17, 15) is 17.6 Å². The van der Waals surface area contributed by atoms with Gasteiger partial charge in [0, 0.05) is 41.7 Å².